The van der Waals surface area contributed by atoms with Gasteiger partial charge in [-0.1, -0.05) is 0 Å². The molecule has 0 atom stereocenters. The normalized spacial score (nSPS) is 29.3. The van der Waals surface area contributed by atoms with Gasteiger partial charge in [0.05, 0.1) is 0 Å². The van der Waals surface area contributed by atoms with Crippen LogP contribution in [-0.4, -0.2) is 71.0 Å². The van der Waals surface area contributed by atoms with E-state index in [0.717, 1.165) is 0 Å². The van der Waals surface area contributed by atoms with E-state index in [1.807, 2.05) is 0 Å². The van der Waals surface area contributed by atoms with E-state index in [-0.39, 0.29) is 0 Å². The van der Waals surface area contributed by atoms with Crippen molar-refractivity contribution in [2.75, 3.05) is 52.4 Å². The Morgan fingerprint density at radius 2 is 0.960 bits per heavy atom. The Bertz CT molecular complexity index is 751. The summed E-state index contributed by atoms with van der Waals surface area (Å²) in [6, 6.07) is 1.25. The van der Waals surface area contributed by atoms with Crippen LogP contribution in [0.25, 0.3) is 0 Å². The number of nitrogens with zero attached hydrogens (tertiary/aromatic N) is 5. The molecule has 0 saturated carbocycles. The molecule has 0 bridgehead atoms. The number of benzene rings is 1. The molecule has 0 amide bonds. The second kappa shape index (κ2) is 4.70. The summed E-state index contributed by atoms with van der Waals surface area (Å²) < 4.78 is 67.5. The minimum atomic E-state index is -3.79. The maximum absolute atomic E-state index is 15.2. The van der Waals surface area contributed by atoms with Gasteiger partial charge in [0.2, 0.25) is 0 Å². The van der Waals surface area contributed by atoms with Crippen LogP contribution >= 0.6 is 7.21 Å². The van der Waals surface area contributed by atoms with Crippen LogP contribution in [-0.2, 0) is 0 Å². The zero-order chi connectivity index (χ0) is 17.6. The standard InChI is InChI=1S/C15H16F4N5P/c16-11-10(9-20)12(17)14(19)15(13(11)18)25-21-1-2-22(25)5-6-24(25)8-7-23(25)4-3-21/h1-8H2. The fourth-order valence-electron chi connectivity index (χ4n) is 5.55. The summed E-state index contributed by atoms with van der Waals surface area (Å²) in [5.41, 5.74) is -1.19. The van der Waals surface area contributed by atoms with Crippen molar-refractivity contribution in [3.8, 4) is 6.07 Å². The molecular weight excluding hydrogens is 357 g/mol. The quantitative estimate of drug-likeness (QED) is 0.420. The maximum atomic E-state index is 15.2. The van der Waals surface area contributed by atoms with E-state index >= 15 is 8.78 Å². The van der Waals surface area contributed by atoms with Crippen LogP contribution in [0.1, 0.15) is 5.56 Å². The van der Waals surface area contributed by atoms with Crippen molar-refractivity contribution in [3.05, 3.63) is 28.8 Å². The summed E-state index contributed by atoms with van der Waals surface area (Å²) in [5, 5.41) is 8.40. The van der Waals surface area contributed by atoms with Gasteiger partial charge in [0.15, 0.2) is 0 Å². The second-order valence-corrected chi connectivity index (χ2v) is 11.4. The number of nitriles is 1. The van der Waals surface area contributed by atoms with E-state index < -0.39 is 41.3 Å². The zero-order valence-corrected chi connectivity index (χ0v) is 14.2. The van der Waals surface area contributed by atoms with Gasteiger partial charge >= 0.3 is 141 Å². The van der Waals surface area contributed by atoms with Crippen molar-refractivity contribution in [1.82, 2.24) is 18.7 Å². The Morgan fingerprint density at radius 1 is 0.640 bits per heavy atom. The molecule has 4 saturated heterocycles. The fraction of sp³-hybridized carbons (Fsp3) is 0.533. The summed E-state index contributed by atoms with van der Waals surface area (Å²) in [6.07, 6.45) is 0. The zero-order valence-electron chi connectivity index (χ0n) is 13.4. The molecule has 1 aromatic rings. The molecule has 4 fully saturated rings. The first-order valence-corrected chi connectivity index (χ1v) is 10.3. The van der Waals surface area contributed by atoms with Gasteiger partial charge in [-0.05, 0) is 0 Å². The van der Waals surface area contributed by atoms with E-state index in [1.165, 1.54) is 6.07 Å². The van der Waals surface area contributed by atoms with Crippen LogP contribution in [0, 0.1) is 34.6 Å². The van der Waals surface area contributed by atoms with Crippen molar-refractivity contribution in [2.24, 2.45) is 0 Å². The van der Waals surface area contributed by atoms with Crippen LogP contribution < -0.4 is 5.30 Å². The molecule has 4 aliphatic heterocycles. The number of hydrogen-bond donors (Lipinski definition) is 0. The summed E-state index contributed by atoms with van der Waals surface area (Å²) in [7, 11) is -3.79. The molecule has 4 aliphatic rings. The topological polar surface area (TPSA) is 36.8 Å². The third-order valence-corrected chi connectivity index (χ3v) is 13.3. The summed E-state index contributed by atoms with van der Waals surface area (Å²) in [6.45, 7) is 4.94. The molecule has 0 N–H and O–H groups in total. The molecule has 1 aromatic carbocycles. The molecule has 0 radical (unpaired) electrons. The SMILES string of the molecule is N#Cc1c(F)c(F)c(P234N5CCN2CCN3CCN4CC5)c(F)c1F. The molecular formula is C15H16F4N5P. The molecule has 5 nitrogen and oxygen atoms in total. The first kappa shape index (κ1) is 15.9. The molecule has 134 valence electrons. The Morgan fingerprint density at radius 3 is 1.24 bits per heavy atom. The number of rotatable bonds is 1. The summed E-state index contributed by atoms with van der Waals surface area (Å²) in [4.78, 5) is 0. The van der Waals surface area contributed by atoms with Gasteiger partial charge in [-0.25, -0.2) is 0 Å². The Hall–Kier alpha value is -1.30. The molecule has 1 spiro atoms. The van der Waals surface area contributed by atoms with Gasteiger partial charge in [-0.2, -0.15) is 0 Å². The Balaban J connectivity index is 1.94. The van der Waals surface area contributed by atoms with Crippen LogP contribution in [0.5, 0.6) is 0 Å². The van der Waals surface area contributed by atoms with Gasteiger partial charge < -0.3 is 0 Å². The molecule has 0 unspecified atom stereocenters. The average Bonchev–Trinajstić information content (AvgIpc) is 3.23. The van der Waals surface area contributed by atoms with E-state index in [1.54, 1.807) is 0 Å². The van der Waals surface area contributed by atoms with Crippen molar-refractivity contribution < 1.29 is 17.6 Å². The summed E-state index contributed by atoms with van der Waals surface area (Å²) in [5.74, 6) is -5.99. The van der Waals surface area contributed by atoms with Crippen molar-refractivity contribution in [1.29, 1.82) is 5.26 Å². The molecule has 0 aliphatic carbocycles. The van der Waals surface area contributed by atoms with E-state index in [0.29, 0.717) is 52.4 Å². The van der Waals surface area contributed by atoms with Gasteiger partial charge in [0.25, 0.3) is 0 Å². The van der Waals surface area contributed by atoms with Gasteiger partial charge in [-0.3, -0.25) is 0 Å². The molecule has 0 aromatic heterocycles. The monoisotopic (exact) mass is 373 g/mol. The first-order valence-electron chi connectivity index (χ1n) is 8.28. The summed E-state index contributed by atoms with van der Waals surface area (Å²) >= 11 is 0. The van der Waals surface area contributed by atoms with E-state index in [9.17, 15) is 8.78 Å². The predicted octanol–water partition coefficient (Wildman–Crippen LogP) is 1.22. The van der Waals surface area contributed by atoms with Gasteiger partial charge in [0.1, 0.15) is 0 Å². The molecule has 4 heterocycles. The van der Waals surface area contributed by atoms with E-state index in [4.69, 9.17) is 5.26 Å². The van der Waals surface area contributed by atoms with Crippen LogP contribution in [0.15, 0.2) is 0 Å². The average molecular weight is 373 g/mol. The van der Waals surface area contributed by atoms with Crippen molar-refractivity contribution in [3.63, 3.8) is 0 Å². The number of hydrogen-bond acceptors (Lipinski definition) is 5. The minimum absolute atomic E-state index is 0.495. The van der Waals surface area contributed by atoms with Crippen LogP contribution in [0.2, 0.25) is 0 Å². The Kier molecular flexibility index (Phi) is 2.99. The third kappa shape index (κ3) is 1.36. The number of halogens is 4. The first-order chi connectivity index (χ1) is 12.0. The van der Waals surface area contributed by atoms with Gasteiger partial charge in [-0.15, -0.1) is 0 Å². The van der Waals surface area contributed by atoms with Crippen LogP contribution in [0.4, 0.5) is 17.6 Å². The molecule has 25 heavy (non-hydrogen) atoms. The third-order valence-electron chi connectivity index (χ3n) is 6.30. The molecule has 5 rings (SSSR count). The van der Waals surface area contributed by atoms with Crippen LogP contribution in [0.3, 0.4) is 0 Å². The molecule has 10 heteroatoms. The van der Waals surface area contributed by atoms with E-state index in [2.05, 4.69) is 18.7 Å². The fourth-order valence-corrected chi connectivity index (χ4v) is 13.4. The second-order valence-electron chi connectivity index (χ2n) is 6.84. The Labute approximate surface area is 142 Å². The van der Waals surface area contributed by atoms with Gasteiger partial charge in [0, 0.05) is 0 Å². The van der Waals surface area contributed by atoms with Crippen molar-refractivity contribution >= 4 is 12.5 Å². The predicted molar refractivity (Wildman–Crippen MR) is 83.8 cm³/mol. The van der Waals surface area contributed by atoms with Crippen molar-refractivity contribution in [2.45, 2.75) is 0 Å².